The standard InChI is InChI=1S/C11H21NO2/c1-9-5-3-6-10(9)12(2)8-4-7-11(13)14/h9-10H,3-8H2,1-2H3,(H,13,14). The lowest BCUT2D eigenvalue weighted by molar-refractivity contribution is -0.137. The fraction of sp³-hybridized carbons (Fsp3) is 0.909. The van der Waals surface area contributed by atoms with E-state index in [0.717, 1.165) is 18.9 Å². The van der Waals surface area contributed by atoms with Crippen molar-refractivity contribution in [2.24, 2.45) is 5.92 Å². The largest absolute Gasteiger partial charge is 0.481 e. The van der Waals surface area contributed by atoms with Crippen LogP contribution in [0.4, 0.5) is 0 Å². The quantitative estimate of drug-likeness (QED) is 0.736. The number of aliphatic carboxylic acids is 1. The minimum atomic E-state index is -0.683. The minimum absolute atomic E-state index is 0.297. The molecule has 0 bridgehead atoms. The van der Waals surface area contributed by atoms with E-state index < -0.39 is 5.97 Å². The maximum absolute atomic E-state index is 10.3. The van der Waals surface area contributed by atoms with Crippen molar-refractivity contribution in [3.63, 3.8) is 0 Å². The molecule has 1 aliphatic carbocycles. The summed E-state index contributed by atoms with van der Waals surface area (Å²) < 4.78 is 0. The Kier molecular flexibility index (Phi) is 4.39. The van der Waals surface area contributed by atoms with Crippen molar-refractivity contribution < 1.29 is 9.90 Å². The van der Waals surface area contributed by atoms with Crippen LogP contribution < -0.4 is 0 Å². The maximum Gasteiger partial charge on any atom is 0.303 e. The van der Waals surface area contributed by atoms with Gasteiger partial charge in [0.05, 0.1) is 0 Å². The van der Waals surface area contributed by atoms with Gasteiger partial charge in [0, 0.05) is 12.5 Å². The first-order chi connectivity index (χ1) is 6.61. The van der Waals surface area contributed by atoms with Gasteiger partial charge in [-0.05, 0) is 38.8 Å². The summed E-state index contributed by atoms with van der Waals surface area (Å²) in [5.74, 6) is 0.0997. The van der Waals surface area contributed by atoms with Crippen molar-refractivity contribution >= 4 is 5.97 Å². The highest BCUT2D eigenvalue weighted by Gasteiger charge is 2.26. The molecular formula is C11H21NO2. The molecule has 1 saturated carbocycles. The molecule has 0 spiro atoms. The molecule has 1 fully saturated rings. The molecular weight excluding hydrogens is 178 g/mol. The number of carboxylic acid groups (broad SMARTS) is 1. The number of carboxylic acids is 1. The molecule has 2 unspecified atom stereocenters. The Balaban J connectivity index is 2.20. The van der Waals surface area contributed by atoms with Gasteiger partial charge in [0.1, 0.15) is 0 Å². The van der Waals surface area contributed by atoms with E-state index >= 15 is 0 Å². The second-order valence-electron chi connectivity index (χ2n) is 4.45. The number of rotatable bonds is 5. The Morgan fingerprint density at radius 2 is 2.21 bits per heavy atom. The van der Waals surface area contributed by atoms with E-state index in [2.05, 4.69) is 18.9 Å². The lowest BCUT2D eigenvalue weighted by Crippen LogP contribution is -2.34. The van der Waals surface area contributed by atoms with Crippen LogP contribution in [0.2, 0.25) is 0 Å². The van der Waals surface area contributed by atoms with Gasteiger partial charge in [0.2, 0.25) is 0 Å². The first kappa shape index (κ1) is 11.5. The molecule has 0 amide bonds. The summed E-state index contributed by atoms with van der Waals surface area (Å²) >= 11 is 0. The van der Waals surface area contributed by atoms with Crippen molar-refractivity contribution in [3.8, 4) is 0 Å². The molecule has 3 heteroatoms. The summed E-state index contributed by atoms with van der Waals surface area (Å²) in [6.07, 6.45) is 5.01. The third-order valence-electron chi connectivity index (χ3n) is 3.28. The molecule has 82 valence electrons. The lowest BCUT2D eigenvalue weighted by Gasteiger charge is -2.27. The van der Waals surface area contributed by atoms with Gasteiger partial charge < -0.3 is 10.0 Å². The van der Waals surface area contributed by atoms with E-state index in [1.807, 2.05) is 0 Å². The normalized spacial score (nSPS) is 27.1. The molecule has 3 nitrogen and oxygen atoms in total. The molecule has 0 saturated heterocycles. The Morgan fingerprint density at radius 1 is 1.50 bits per heavy atom. The summed E-state index contributed by atoms with van der Waals surface area (Å²) in [6.45, 7) is 3.21. The predicted molar refractivity (Wildman–Crippen MR) is 56.3 cm³/mol. The Morgan fingerprint density at radius 3 is 2.71 bits per heavy atom. The second-order valence-corrected chi connectivity index (χ2v) is 4.45. The minimum Gasteiger partial charge on any atom is -0.481 e. The van der Waals surface area contributed by atoms with Crippen LogP contribution in [0.5, 0.6) is 0 Å². The summed E-state index contributed by atoms with van der Waals surface area (Å²) in [4.78, 5) is 12.7. The number of nitrogens with zero attached hydrogens (tertiary/aromatic N) is 1. The lowest BCUT2D eigenvalue weighted by atomic mass is 10.1. The molecule has 0 radical (unpaired) electrons. The first-order valence-corrected chi connectivity index (χ1v) is 5.53. The molecule has 2 atom stereocenters. The van der Waals surface area contributed by atoms with Gasteiger partial charge in [-0.2, -0.15) is 0 Å². The molecule has 1 rings (SSSR count). The number of carbonyl (C=O) groups is 1. The highest BCUT2D eigenvalue weighted by Crippen LogP contribution is 2.28. The van der Waals surface area contributed by atoms with Crippen LogP contribution in [0.15, 0.2) is 0 Å². The maximum atomic E-state index is 10.3. The van der Waals surface area contributed by atoms with Crippen molar-refractivity contribution in [1.29, 1.82) is 0 Å². The van der Waals surface area contributed by atoms with Crippen molar-refractivity contribution in [2.75, 3.05) is 13.6 Å². The first-order valence-electron chi connectivity index (χ1n) is 5.53. The van der Waals surface area contributed by atoms with E-state index in [4.69, 9.17) is 5.11 Å². The Bertz CT molecular complexity index is 194. The summed E-state index contributed by atoms with van der Waals surface area (Å²) in [5.41, 5.74) is 0. The molecule has 0 aromatic heterocycles. The van der Waals surface area contributed by atoms with Crippen molar-refractivity contribution in [3.05, 3.63) is 0 Å². The van der Waals surface area contributed by atoms with Crippen LogP contribution in [-0.4, -0.2) is 35.6 Å². The average molecular weight is 199 g/mol. The van der Waals surface area contributed by atoms with Gasteiger partial charge in [-0.1, -0.05) is 13.3 Å². The van der Waals surface area contributed by atoms with Crippen LogP contribution in [-0.2, 0) is 4.79 Å². The highest BCUT2D eigenvalue weighted by molar-refractivity contribution is 5.66. The topological polar surface area (TPSA) is 40.5 Å². The van der Waals surface area contributed by atoms with E-state index in [1.165, 1.54) is 19.3 Å². The molecule has 0 heterocycles. The second kappa shape index (κ2) is 5.35. The van der Waals surface area contributed by atoms with Gasteiger partial charge in [-0.15, -0.1) is 0 Å². The van der Waals surface area contributed by atoms with Crippen molar-refractivity contribution in [2.45, 2.75) is 45.1 Å². The van der Waals surface area contributed by atoms with Gasteiger partial charge >= 0.3 is 5.97 Å². The number of hydrogen-bond donors (Lipinski definition) is 1. The fourth-order valence-electron chi connectivity index (χ4n) is 2.43. The van der Waals surface area contributed by atoms with Crippen LogP contribution in [0, 0.1) is 5.92 Å². The van der Waals surface area contributed by atoms with Gasteiger partial charge in [0.15, 0.2) is 0 Å². The third-order valence-corrected chi connectivity index (χ3v) is 3.28. The zero-order valence-electron chi connectivity index (χ0n) is 9.20. The molecule has 1 N–H and O–H groups in total. The highest BCUT2D eigenvalue weighted by atomic mass is 16.4. The van der Waals surface area contributed by atoms with E-state index in [9.17, 15) is 4.79 Å². The molecule has 0 aromatic rings. The Hall–Kier alpha value is -0.570. The summed E-state index contributed by atoms with van der Waals surface area (Å²) in [6, 6.07) is 0.684. The number of hydrogen-bond acceptors (Lipinski definition) is 2. The predicted octanol–water partition coefficient (Wildman–Crippen LogP) is 1.97. The van der Waals surface area contributed by atoms with E-state index in [0.29, 0.717) is 12.5 Å². The molecule has 1 aliphatic rings. The SMILES string of the molecule is CC1CCCC1N(C)CCCC(=O)O. The molecule has 14 heavy (non-hydrogen) atoms. The van der Waals surface area contributed by atoms with Gasteiger partial charge in [0.25, 0.3) is 0 Å². The van der Waals surface area contributed by atoms with E-state index in [1.54, 1.807) is 0 Å². The molecule has 0 aromatic carbocycles. The van der Waals surface area contributed by atoms with Crippen LogP contribution in [0.3, 0.4) is 0 Å². The molecule has 0 aliphatic heterocycles. The monoisotopic (exact) mass is 199 g/mol. The van der Waals surface area contributed by atoms with Gasteiger partial charge in [-0.3, -0.25) is 4.79 Å². The summed E-state index contributed by atoms with van der Waals surface area (Å²) in [5, 5.41) is 8.53. The zero-order chi connectivity index (χ0) is 10.6. The van der Waals surface area contributed by atoms with Crippen LogP contribution in [0.1, 0.15) is 39.0 Å². The smallest absolute Gasteiger partial charge is 0.303 e. The van der Waals surface area contributed by atoms with E-state index in [-0.39, 0.29) is 0 Å². The zero-order valence-corrected chi connectivity index (χ0v) is 9.20. The van der Waals surface area contributed by atoms with Crippen LogP contribution in [0.25, 0.3) is 0 Å². The average Bonchev–Trinajstić information content (AvgIpc) is 2.50. The van der Waals surface area contributed by atoms with Crippen molar-refractivity contribution in [1.82, 2.24) is 4.90 Å². The summed E-state index contributed by atoms with van der Waals surface area (Å²) in [7, 11) is 2.12. The Labute approximate surface area is 86.1 Å². The fourth-order valence-corrected chi connectivity index (χ4v) is 2.43. The third kappa shape index (κ3) is 3.29. The van der Waals surface area contributed by atoms with Gasteiger partial charge in [-0.25, -0.2) is 0 Å². The van der Waals surface area contributed by atoms with Crippen LogP contribution >= 0.6 is 0 Å².